The van der Waals surface area contributed by atoms with E-state index < -0.39 is 24.8 Å². The van der Waals surface area contributed by atoms with Crippen molar-refractivity contribution >= 4 is 17.6 Å². The first kappa shape index (κ1) is 25.4. The second-order valence-electron chi connectivity index (χ2n) is 9.60. The Morgan fingerprint density at radius 2 is 2.11 bits per heavy atom. The summed E-state index contributed by atoms with van der Waals surface area (Å²) in [6.45, 7) is -0.565. The first-order valence-electron chi connectivity index (χ1n) is 12.4. The highest BCUT2D eigenvalue weighted by Gasteiger charge is 2.44. The van der Waals surface area contributed by atoms with E-state index in [1.807, 2.05) is 13.2 Å². The zero-order chi connectivity index (χ0) is 26.8. The Hall–Kier alpha value is -4.30. The lowest BCUT2D eigenvalue weighted by Crippen LogP contribution is -2.50. The molecule has 1 aliphatic carbocycles. The second kappa shape index (κ2) is 10.6. The molecular formula is C27H27FN6O4. The molecule has 2 amide bonds. The Morgan fingerprint density at radius 3 is 2.82 bits per heavy atom. The Morgan fingerprint density at radius 1 is 1.29 bits per heavy atom. The van der Waals surface area contributed by atoms with Gasteiger partial charge >= 0.3 is 0 Å². The number of piperidine rings is 1. The number of pyridine rings is 1. The first-order valence-corrected chi connectivity index (χ1v) is 12.4. The predicted octanol–water partition coefficient (Wildman–Crippen LogP) is 2.41. The van der Waals surface area contributed by atoms with E-state index in [4.69, 9.17) is 9.84 Å². The van der Waals surface area contributed by atoms with Crippen LogP contribution in [0, 0.1) is 17.2 Å². The molecule has 2 aliphatic rings. The van der Waals surface area contributed by atoms with Crippen LogP contribution in [0.1, 0.15) is 29.9 Å². The van der Waals surface area contributed by atoms with Gasteiger partial charge in [-0.2, -0.15) is 10.4 Å². The maximum atomic E-state index is 14.7. The largest absolute Gasteiger partial charge is 0.486 e. The summed E-state index contributed by atoms with van der Waals surface area (Å²) in [5.74, 6) is 0.0726. The predicted molar refractivity (Wildman–Crippen MR) is 135 cm³/mol. The summed E-state index contributed by atoms with van der Waals surface area (Å²) >= 11 is 0. The van der Waals surface area contributed by atoms with Crippen molar-refractivity contribution < 1.29 is 23.8 Å². The number of hydrogen-bond donors (Lipinski definition) is 2. The van der Waals surface area contributed by atoms with Crippen molar-refractivity contribution in [3.05, 3.63) is 60.0 Å². The van der Waals surface area contributed by atoms with Gasteiger partial charge in [0.05, 0.1) is 18.3 Å². The number of anilines is 1. The van der Waals surface area contributed by atoms with E-state index >= 15 is 0 Å². The fraction of sp³-hybridized carbons (Fsp3) is 0.370. The minimum atomic E-state index is -1.44. The summed E-state index contributed by atoms with van der Waals surface area (Å²) in [5.41, 5.74) is 2.75. The molecule has 4 atom stereocenters. The summed E-state index contributed by atoms with van der Waals surface area (Å²) in [6.07, 6.45) is 4.05. The Labute approximate surface area is 218 Å². The number of benzene rings is 1. The van der Waals surface area contributed by atoms with E-state index in [9.17, 15) is 19.2 Å². The number of ether oxygens (including phenoxy) is 1. The number of aromatic nitrogens is 3. The highest BCUT2D eigenvalue weighted by Crippen LogP contribution is 2.47. The lowest BCUT2D eigenvalue weighted by molar-refractivity contribution is -0.138. The number of nitrogens with zero attached hydrogens (tertiary/aromatic N) is 5. The summed E-state index contributed by atoms with van der Waals surface area (Å²) in [5, 5.41) is 25.8. The fourth-order valence-electron chi connectivity index (χ4n) is 4.79. The Balaban J connectivity index is 1.25. The molecule has 10 nitrogen and oxygen atoms in total. The number of halogens is 1. The minimum absolute atomic E-state index is 0.0996. The summed E-state index contributed by atoms with van der Waals surface area (Å²) in [6, 6.07) is 10.6. The van der Waals surface area contributed by atoms with Crippen molar-refractivity contribution in [1.82, 2.24) is 19.7 Å². The van der Waals surface area contributed by atoms with E-state index in [-0.39, 0.29) is 48.6 Å². The van der Waals surface area contributed by atoms with Crippen LogP contribution < -0.4 is 10.1 Å². The number of nitrogens with one attached hydrogen (secondary N) is 1. The maximum absolute atomic E-state index is 14.7. The topological polar surface area (TPSA) is 133 Å². The lowest BCUT2D eigenvalue weighted by Gasteiger charge is -2.34. The maximum Gasteiger partial charge on any atom is 0.248 e. The van der Waals surface area contributed by atoms with Crippen LogP contribution in [0.5, 0.6) is 5.75 Å². The fourth-order valence-corrected chi connectivity index (χ4v) is 4.79. The number of nitriles is 1. The van der Waals surface area contributed by atoms with Gasteiger partial charge in [-0.25, -0.2) is 9.37 Å². The number of aliphatic hydroxyl groups excluding tert-OH is 1. The van der Waals surface area contributed by atoms with E-state index in [0.717, 1.165) is 17.5 Å². The van der Waals surface area contributed by atoms with Crippen LogP contribution >= 0.6 is 0 Å². The number of carbonyl (C=O) groups excluding carboxylic acids is 2. The van der Waals surface area contributed by atoms with Gasteiger partial charge in [-0.05, 0) is 53.3 Å². The number of aryl methyl sites for hydroxylation is 1. The molecule has 1 aromatic carbocycles. The van der Waals surface area contributed by atoms with Gasteiger partial charge in [0.25, 0.3) is 0 Å². The van der Waals surface area contributed by atoms with Crippen LogP contribution in [-0.2, 0) is 16.6 Å². The number of alkyl halides is 1. The number of rotatable bonds is 7. The molecule has 2 N–H and O–H groups in total. The standard InChI is InChI=1S/C27H27FN6O4/c1-33-13-19(12-31-33)20-10-21(20)27(37)32-25-9-17(4-6-30-25)16-2-3-23(18(8-16)11-29)38-24-5-7-34(14-22(24)28)26(36)15-35/h2-4,6,8-9,12-13,20-22,24,35H,5,7,10,14-15H2,1H3,(H,30,32,37)/t20-,21+,22+,24-/m0/s1. The normalized spacial score (nSPS) is 22.4. The van der Waals surface area contributed by atoms with E-state index in [0.29, 0.717) is 11.4 Å². The van der Waals surface area contributed by atoms with Gasteiger partial charge in [-0.15, -0.1) is 0 Å². The average Bonchev–Trinajstić information content (AvgIpc) is 3.62. The molecule has 0 spiro atoms. The molecule has 38 heavy (non-hydrogen) atoms. The molecule has 0 radical (unpaired) electrons. The van der Waals surface area contributed by atoms with Gasteiger partial charge < -0.3 is 20.1 Å². The molecule has 1 saturated carbocycles. The number of hydrogen-bond acceptors (Lipinski definition) is 7. The molecule has 2 aromatic heterocycles. The van der Waals surface area contributed by atoms with Gasteiger partial charge in [0.1, 0.15) is 30.3 Å². The number of likely N-dealkylation sites (tertiary alicyclic amines) is 1. The third kappa shape index (κ3) is 5.35. The number of amides is 2. The molecular weight excluding hydrogens is 491 g/mol. The molecule has 196 valence electrons. The second-order valence-corrected chi connectivity index (χ2v) is 9.60. The molecule has 1 saturated heterocycles. The third-order valence-electron chi connectivity index (χ3n) is 6.97. The molecule has 0 bridgehead atoms. The highest BCUT2D eigenvalue weighted by molar-refractivity contribution is 5.95. The van der Waals surface area contributed by atoms with Crippen LogP contribution in [0.2, 0.25) is 0 Å². The minimum Gasteiger partial charge on any atom is -0.486 e. The molecule has 0 unspecified atom stereocenters. The van der Waals surface area contributed by atoms with Crippen LogP contribution in [0.25, 0.3) is 11.1 Å². The van der Waals surface area contributed by atoms with Crippen LogP contribution in [0.4, 0.5) is 10.2 Å². The molecule has 5 rings (SSSR count). The van der Waals surface area contributed by atoms with Gasteiger partial charge in [0.15, 0.2) is 6.17 Å². The van der Waals surface area contributed by atoms with Crippen molar-refractivity contribution in [2.45, 2.75) is 31.0 Å². The zero-order valence-corrected chi connectivity index (χ0v) is 20.7. The van der Waals surface area contributed by atoms with Gasteiger partial charge in [-0.1, -0.05) is 6.07 Å². The van der Waals surface area contributed by atoms with Crippen molar-refractivity contribution in [3.63, 3.8) is 0 Å². The lowest BCUT2D eigenvalue weighted by atomic mass is 10.0. The Bertz CT molecular complexity index is 1400. The SMILES string of the molecule is Cn1cc([C@@H]2C[C@H]2C(=O)Nc2cc(-c3ccc(O[C@H]4CCN(C(=O)CO)C[C@H]4F)c(C#N)c3)ccn2)cn1. The zero-order valence-electron chi connectivity index (χ0n) is 20.7. The van der Waals surface area contributed by atoms with Crippen molar-refractivity contribution in [3.8, 4) is 22.9 Å². The van der Waals surface area contributed by atoms with Crippen LogP contribution in [0.3, 0.4) is 0 Å². The number of aliphatic hydroxyl groups is 1. The highest BCUT2D eigenvalue weighted by atomic mass is 19.1. The smallest absolute Gasteiger partial charge is 0.248 e. The summed E-state index contributed by atoms with van der Waals surface area (Å²) in [7, 11) is 1.84. The quantitative estimate of drug-likeness (QED) is 0.491. The third-order valence-corrected chi connectivity index (χ3v) is 6.97. The van der Waals surface area contributed by atoms with Crippen LogP contribution in [0.15, 0.2) is 48.9 Å². The summed E-state index contributed by atoms with van der Waals surface area (Å²) < 4.78 is 22.2. The van der Waals surface area contributed by atoms with E-state index in [2.05, 4.69) is 21.5 Å². The van der Waals surface area contributed by atoms with Crippen molar-refractivity contribution in [2.24, 2.45) is 13.0 Å². The summed E-state index contributed by atoms with van der Waals surface area (Å²) in [4.78, 5) is 29.9. The number of carbonyl (C=O) groups is 2. The van der Waals surface area contributed by atoms with Crippen LogP contribution in [-0.4, -0.2) is 68.6 Å². The first-order chi connectivity index (χ1) is 18.4. The van der Waals surface area contributed by atoms with E-state index in [1.165, 1.54) is 4.90 Å². The molecule has 1 aliphatic heterocycles. The van der Waals surface area contributed by atoms with Gasteiger partial charge in [0.2, 0.25) is 11.8 Å². The van der Waals surface area contributed by atoms with Crippen molar-refractivity contribution in [1.29, 1.82) is 5.26 Å². The van der Waals surface area contributed by atoms with Gasteiger partial charge in [0, 0.05) is 38.3 Å². The van der Waals surface area contributed by atoms with Gasteiger partial charge in [-0.3, -0.25) is 14.3 Å². The molecule has 11 heteroatoms. The average molecular weight is 519 g/mol. The molecule has 3 aromatic rings. The van der Waals surface area contributed by atoms with Crippen molar-refractivity contribution in [2.75, 3.05) is 25.0 Å². The Kier molecular flexibility index (Phi) is 7.07. The molecule has 3 heterocycles. The van der Waals surface area contributed by atoms with E-state index in [1.54, 1.807) is 47.4 Å². The molecule has 2 fully saturated rings. The monoisotopic (exact) mass is 518 g/mol.